The van der Waals surface area contributed by atoms with Crippen LogP contribution in [0.2, 0.25) is 0 Å². The molecule has 0 aliphatic carbocycles. The molecule has 7 heteroatoms. The Labute approximate surface area is 302 Å². The van der Waals surface area contributed by atoms with Crippen LogP contribution in [0.5, 0.6) is 0 Å². The summed E-state index contributed by atoms with van der Waals surface area (Å²) in [6.07, 6.45) is 40.2. The average molecular weight is 693 g/mol. The zero-order valence-corrected chi connectivity index (χ0v) is 32.3. The summed E-state index contributed by atoms with van der Waals surface area (Å²) >= 11 is 0. The third kappa shape index (κ3) is 34.3. The third-order valence-corrected chi connectivity index (χ3v) is 9.57. The summed E-state index contributed by atoms with van der Waals surface area (Å²) in [5, 5.41) is 11.9. The summed E-state index contributed by atoms with van der Waals surface area (Å²) in [5.74, 6) is -1.33. The molecule has 0 heterocycles. The number of unbranched alkanes of at least 4 members (excludes halogenated alkanes) is 24. The van der Waals surface area contributed by atoms with E-state index in [2.05, 4.69) is 31.3 Å². The summed E-state index contributed by atoms with van der Waals surface area (Å²) in [6, 6.07) is -0.866. The van der Waals surface area contributed by atoms with Crippen molar-refractivity contribution in [3.8, 4) is 0 Å². The fourth-order valence-corrected chi connectivity index (χ4v) is 6.35. The topological polar surface area (TPSA) is 119 Å². The molecule has 1 amide bonds. The molecule has 0 rings (SSSR count). The third-order valence-electron chi connectivity index (χ3n) is 9.57. The standard InChI is InChI=1S/C42H80N2O5/c1-3-5-7-9-10-11-12-13-14-15-16-17-18-19-20-21-22-23-24-30-36-41(46)49-38(32-27-8-6-4-2)33-28-25-26-29-35-40(45)44-39(42(47)48)34-31-37-43/h27,32,38-39H,3-26,28-31,33-37,43H2,1-2H3,(H,44,45)(H,47,48)/b32-27-. The van der Waals surface area contributed by atoms with E-state index < -0.39 is 12.0 Å². The van der Waals surface area contributed by atoms with E-state index in [0.29, 0.717) is 38.6 Å². The highest BCUT2D eigenvalue weighted by Gasteiger charge is 2.19. The first-order valence-corrected chi connectivity index (χ1v) is 21.0. The van der Waals surface area contributed by atoms with Crippen molar-refractivity contribution in [3.63, 3.8) is 0 Å². The second kappa shape index (κ2) is 37.4. The average Bonchev–Trinajstić information content (AvgIpc) is 3.08. The van der Waals surface area contributed by atoms with Crippen LogP contribution in [-0.2, 0) is 19.1 Å². The number of allylic oxidation sites excluding steroid dienone is 1. The molecular weight excluding hydrogens is 612 g/mol. The van der Waals surface area contributed by atoms with Gasteiger partial charge in [0.25, 0.3) is 0 Å². The van der Waals surface area contributed by atoms with Crippen LogP contribution in [-0.4, -0.2) is 41.6 Å². The van der Waals surface area contributed by atoms with Crippen molar-refractivity contribution in [2.24, 2.45) is 5.73 Å². The van der Waals surface area contributed by atoms with Crippen LogP contribution in [0.4, 0.5) is 0 Å². The van der Waals surface area contributed by atoms with Gasteiger partial charge in [0.1, 0.15) is 12.1 Å². The Bertz CT molecular complexity index is 787. The van der Waals surface area contributed by atoms with Crippen LogP contribution < -0.4 is 11.1 Å². The zero-order valence-electron chi connectivity index (χ0n) is 32.3. The van der Waals surface area contributed by atoms with Crippen LogP contribution in [0.15, 0.2) is 12.2 Å². The molecule has 0 spiro atoms. The van der Waals surface area contributed by atoms with Crippen LogP contribution >= 0.6 is 0 Å². The first kappa shape index (κ1) is 47.1. The number of carboxylic acid groups (broad SMARTS) is 1. The van der Waals surface area contributed by atoms with Crippen LogP contribution in [0.1, 0.15) is 219 Å². The highest BCUT2D eigenvalue weighted by Crippen LogP contribution is 2.17. The van der Waals surface area contributed by atoms with Gasteiger partial charge in [0, 0.05) is 12.8 Å². The molecule has 0 radical (unpaired) electrons. The van der Waals surface area contributed by atoms with Gasteiger partial charge in [-0.15, -0.1) is 0 Å². The lowest BCUT2D eigenvalue weighted by atomic mass is 10.0. The van der Waals surface area contributed by atoms with Crippen LogP contribution in [0.25, 0.3) is 0 Å². The van der Waals surface area contributed by atoms with Crippen molar-refractivity contribution >= 4 is 17.8 Å². The smallest absolute Gasteiger partial charge is 0.326 e. The van der Waals surface area contributed by atoms with E-state index >= 15 is 0 Å². The Hall–Kier alpha value is -1.89. The van der Waals surface area contributed by atoms with Gasteiger partial charge >= 0.3 is 11.9 Å². The Morgan fingerprint density at radius 3 is 1.51 bits per heavy atom. The molecule has 288 valence electrons. The number of carbonyl (C=O) groups is 3. The van der Waals surface area contributed by atoms with Gasteiger partial charge in [0.2, 0.25) is 5.91 Å². The zero-order chi connectivity index (χ0) is 36.0. The Kier molecular flexibility index (Phi) is 35.9. The summed E-state index contributed by atoms with van der Waals surface area (Å²) in [5.41, 5.74) is 5.46. The Morgan fingerprint density at radius 2 is 1.04 bits per heavy atom. The van der Waals surface area contributed by atoms with Gasteiger partial charge in [-0.1, -0.05) is 168 Å². The van der Waals surface area contributed by atoms with Gasteiger partial charge in [0.05, 0.1) is 0 Å². The first-order chi connectivity index (χ1) is 23.9. The predicted octanol–water partition coefficient (Wildman–Crippen LogP) is 11.5. The number of carboxylic acids is 1. The number of amides is 1. The number of ether oxygens (including phenoxy) is 1. The lowest BCUT2D eigenvalue weighted by Gasteiger charge is -2.15. The SMILES string of the molecule is CCCC/C=C\C(CCCCCCC(=O)NC(CCCN)C(=O)O)OC(=O)CCCCCCCCCCCCCCCCCCCCCC. The van der Waals surface area contributed by atoms with E-state index in [4.69, 9.17) is 10.5 Å². The molecule has 7 nitrogen and oxygen atoms in total. The molecule has 0 aromatic heterocycles. The molecule has 0 saturated carbocycles. The van der Waals surface area contributed by atoms with Gasteiger partial charge in [-0.2, -0.15) is 0 Å². The molecule has 49 heavy (non-hydrogen) atoms. The van der Waals surface area contributed by atoms with Crippen LogP contribution in [0, 0.1) is 0 Å². The lowest BCUT2D eigenvalue weighted by Crippen LogP contribution is -2.40. The molecule has 0 aromatic rings. The number of nitrogens with one attached hydrogen (secondary N) is 1. The molecular formula is C42H80N2O5. The van der Waals surface area contributed by atoms with E-state index in [-0.39, 0.29) is 18.0 Å². The molecule has 4 N–H and O–H groups in total. The number of aliphatic carboxylic acids is 1. The van der Waals surface area contributed by atoms with Gasteiger partial charge in [-0.05, 0) is 57.6 Å². The molecule has 0 saturated heterocycles. The summed E-state index contributed by atoms with van der Waals surface area (Å²) in [6.45, 7) is 4.87. The van der Waals surface area contributed by atoms with Crippen molar-refractivity contribution in [1.82, 2.24) is 5.32 Å². The monoisotopic (exact) mass is 693 g/mol. The predicted molar refractivity (Wildman–Crippen MR) is 207 cm³/mol. The fourth-order valence-electron chi connectivity index (χ4n) is 6.35. The number of nitrogens with two attached hydrogens (primary N) is 1. The van der Waals surface area contributed by atoms with Crippen molar-refractivity contribution in [2.75, 3.05) is 6.54 Å². The minimum atomic E-state index is -1.01. The molecule has 0 fully saturated rings. The van der Waals surface area contributed by atoms with Gasteiger partial charge in [-0.25, -0.2) is 4.79 Å². The second-order valence-corrected chi connectivity index (χ2v) is 14.4. The molecule has 2 atom stereocenters. The normalized spacial score (nSPS) is 12.7. The molecule has 0 aliphatic rings. The van der Waals surface area contributed by atoms with E-state index in [9.17, 15) is 19.5 Å². The molecule has 0 bridgehead atoms. The summed E-state index contributed by atoms with van der Waals surface area (Å²) in [7, 11) is 0. The van der Waals surface area contributed by atoms with E-state index in [1.165, 1.54) is 116 Å². The number of rotatable bonds is 38. The van der Waals surface area contributed by atoms with Crippen LogP contribution in [0.3, 0.4) is 0 Å². The van der Waals surface area contributed by atoms with Gasteiger partial charge < -0.3 is 20.9 Å². The number of carbonyl (C=O) groups excluding carboxylic acids is 2. The molecule has 2 unspecified atom stereocenters. The minimum Gasteiger partial charge on any atom is -0.480 e. The van der Waals surface area contributed by atoms with Crippen molar-refractivity contribution in [3.05, 3.63) is 12.2 Å². The number of hydrogen-bond acceptors (Lipinski definition) is 5. The van der Waals surface area contributed by atoms with Crippen molar-refractivity contribution in [1.29, 1.82) is 0 Å². The molecule has 0 aliphatic heterocycles. The minimum absolute atomic E-state index is 0.0909. The van der Waals surface area contributed by atoms with Crippen molar-refractivity contribution in [2.45, 2.75) is 231 Å². The van der Waals surface area contributed by atoms with E-state index in [0.717, 1.165) is 57.8 Å². The van der Waals surface area contributed by atoms with E-state index in [1.54, 1.807) is 0 Å². The summed E-state index contributed by atoms with van der Waals surface area (Å²) in [4.78, 5) is 36.1. The second-order valence-electron chi connectivity index (χ2n) is 14.4. The van der Waals surface area contributed by atoms with Crippen molar-refractivity contribution < 1.29 is 24.2 Å². The van der Waals surface area contributed by atoms with Gasteiger partial charge in [0.15, 0.2) is 0 Å². The first-order valence-electron chi connectivity index (χ1n) is 21.0. The maximum absolute atomic E-state index is 12.6. The Balaban J connectivity index is 3.90. The maximum atomic E-state index is 12.6. The fraction of sp³-hybridized carbons (Fsp3) is 0.881. The highest BCUT2D eigenvalue weighted by atomic mass is 16.5. The number of esters is 1. The summed E-state index contributed by atoms with van der Waals surface area (Å²) < 4.78 is 5.86. The molecule has 0 aromatic carbocycles. The largest absolute Gasteiger partial charge is 0.480 e. The Morgan fingerprint density at radius 1 is 0.592 bits per heavy atom. The highest BCUT2D eigenvalue weighted by molar-refractivity contribution is 5.83. The quantitative estimate of drug-likeness (QED) is 0.0337. The van der Waals surface area contributed by atoms with Gasteiger partial charge in [-0.3, -0.25) is 9.59 Å². The maximum Gasteiger partial charge on any atom is 0.326 e. The number of hydrogen-bond donors (Lipinski definition) is 3. The lowest BCUT2D eigenvalue weighted by molar-refractivity contribution is -0.147. The van der Waals surface area contributed by atoms with E-state index in [1.807, 2.05) is 0 Å².